The third kappa shape index (κ3) is 4.53. The van der Waals surface area contributed by atoms with Crippen molar-refractivity contribution in [3.05, 3.63) is 22.7 Å². The molecule has 1 aromatic heterocycles. The van der Waals surface area contributed by atoms with E-state index in [9.17, 15) is 10.1 Å². The van der Waals surface area contributed by atoms with Gasteiger partial charge in [-0.3, -0.25) is 0 Å². The number of nitrogens with two attached hydrogens (primary N) is 2. The SMILES string of the molecule is CCOC(=O)C(C)Oc1c(Cl)cc(-c2nc(N)nc(N)c2C#N)cc1OCC. The second kappa shape index (κ2) is 9.10. The first-order chi connectivity index (χ1) is 13.3. The number of aromatic nitrogens is 2. The molecule has 1 unspecified atom stereocenters. The molecule has 1 aromatic carbocycles. The van der Waals surface area contributed by atoms with Gasteiger partial charge in [-0.25, -0.2) is 9.78 Å². The molecular weight excluding hydrogens is 386 g/mol. The van der Waals surface area contributed by atoms with Gasteiger partial charge in [-0.2, -0.15) is 10.2 Å². The Balaban J connectivity index is 2.55. The third-order valence-electron chi connectivity index (χ3n) is 3.56. The van der Waals surface area contributed by atoms with E-state index in [4.69, 9.17) is 37.3 Å². The fourth-order valence-corrected chi connectivity index (χ4v) is 2.64. The molecule has 0 aliphatic rings. The number of carbonyl (C=O) groups excluding carboxylic acids is 1. The number of benzene rings is 1. The Bertz CT molecular complexity index is 929. The molecule has 10 heteroatoms. The molecule has 1 heterocycles. The molecule has 0 radical (unpaired) electrons. The maximum atomic E-state index is 11.9. The first-order valence-corrected chi connectivity index (χ1v) is 8.83. The number of hydrogen-bond donors (Lipinski definition) is 2. The van der Waals surface area contributed by atoms with Crippen LogP contribution in [0.25, 0.3) is 11.3 Å². The Morgan fingerprint density at radius 3 is 2.61 bits per heavy atom. The maximum absolute atomic E-state index is 11.9. The summed E-state index contributed by atoms with van der Waals surface area (Å²) < 4.78 is 16.2. The molecule has 28 heavy (non-hydrogen) atoms. The molecule has 9 nitrogen and oxygen atoms in total. The summed E-state index contributed by atoms with van der Waals surface area (Å²) in [6.45, 7) is 5.55. The summed E-state index contributed by atoms with van der Waals surface area (Å²) in [5.41, 5.74) is 12.1. The fraction of sp³-hybridized carbons (Fsp3) is 0.333. The van der Waals surface area contributed by atoms with Crippen LogP contribution in [0.4, 0.5) is 11.8 Å². The third-order valence-corrected chi connectivity index (χ3v) is 3.84. The minimum Gasteiger partial charge on any atom is -0.490 e. The van der Waals surface area contributed by atoms with Crippen LogP contribution in [0.15, 0.2) is 12.1 Å². The highest BCUT2D eigenvalue weighted by atomic mass is 35.5. The highest BCUT2D eigenvalue weighted by Gasteiger charge is 2.23. The zero-order valence-corrected chi connectivity index (χ0v) is 16.4. The highest BCUT2D eigenvalue weighted by Crippen LogP contribution is 2.41. The van der Waals surface area contributed by atoms with Gasteiger partial charge in [0, 0.05) is 5.56 Å². The zero-order valence-electron chi connectivity index (χ0n) is 15.7. The van der Waals surface area contributed by atoms with Gasteiger partial charge < -0.3 is 25.7 Å². The molecular formula is C18H20ClN5O4. The molecule has 0 bridgehead atoms. The van der Waals surface area contributed by atoms with Gasteiger partial charge in [-0.1, -0.05) is 11.6 Å². The van der Waals surface area contributed by atoms with Crippen LogP contribution < -0.4 is 20.9 Å². The minimum absolute atomic E-state index is 0.0460. The van der Waals surface area contributed by atoms with Crippen molar-refractivity contribution in [3.8, 4) is 28.8 Å². The number of nitriles is 1. The molecule has 148 valence electrons. The summed E-state index contributed by atoms with van der Waals surface area (Å²) >= 11 is 6.38. The van der Waals surface area contributed by atoms with Crippen LogP contribution in [-0.2, 0) is 9.53 Å². The number of rotatable bonds is 7. The van der Waals surface area contributed by atoms with Crippen molar-refractivity contribution < 1.29 is 19.0 Å². The van der Waals surface area contributed by atoms with Crippen molar-refractivity contribution in [2.75, 3.05) is 24.7 Å². The quantitative estimate of drug-likeness (QED) is 0.663. The predicted molar refractivity (Wildman–Crippen MR) is 104 cm³/mol. The summed E-state index contributed by atoms with van der Waals surface area (Å²) in [5.74, 6) is -0.234. The number of halogens is 1. The highest BCUT2D eigenvalue weighted by molar-refractivity contribution is 6.32. The van der Waals surface area contributed by atoms with Crippen molar-refractivity contribution in [1.82, 2.24) is 9.97 Å². The van der Waals surface area contributed by atoms with Gasteiger partial charge in [-0.05, 0) is 32.9 Å². The molecule has 0 aliphatic heterocycles. The number of nitrogens with zero attached hydrogens (tertiary/aromatic N) is 3. The summed E-state index contributed by atoms with van der Waals surface area (Å²) in [7, 11) is 0. The van der Waals surface area contributed by atoms with Crippen molar-refractivity contribution in [2.24, 2.45) is 0 Å². The molecule has 0 saturated heterocycles. The van der Waals surface area contributed by atoms with E-state index in [1.807, 2.05) is 6.07 Å². The lowest BCUT2D eigenvalue weighted by molar-refractivity contribution is -0.150. The smallest absolute Gasteiger partial charge is 0.347 e. The van der Waals surface area contributed by atoms with E-state index in [2.05, 4.69) is 9.97 Å². The predicted octanol–water partition coefficient (Wildman–Crippen LogP) is 2.56. The van der Waals surface area contributed by atoms with E-state index in [1.165, 1.54) is 13.0 Å². The van der Waals surface area contributed by atoms with E-state index in [-0.39, 0.29) is 46.2 Å². The van der Waals surface area contributed by atoms with Crippen molar-refractivity contribution >= 4 is 29.3 Å². The second-order valence-electron chi connectivity index (χ2n) is 5.53. The molecule has 0 fully saturated rings. The van der Waals surface area contributed by atoms with Crippen LogP contribution in [0.5, 0.6) is 11.5 Å². The summed E-state index contributed by atoms with van der Waals surface area (Å²) in [5, 5.41) is 9.54. The molecule has 2 rings (SSSR count). The lowest BCUT2D eigenvalue weighted by Crippen LogP contribution is -2.26. The van der Waals surface area contributed by atoms with Crippen molar-refractivity contribution in [3.63, 3.8) is 0 Å². The maximum Gasteiger partial charge on any atom is 0.347 e. The van der Waals surface area contributed by atoms with Gasteiger partial charge in [-0.15, -0.1) is 0 Å². The van der Waals surface area contributed by atoms with Crippen LogP contribution in [0.1, 0.15) is 26.3 Å². The number of nitrogen functional groups attached to an aromatic ring is 2. The average Bonchev–Trinajstić information content (AvgIpc) is 2.63. The second-order valence-corrected chi connectivity index (χ2v) is 5.94. The average molecular weight is 406 g/mol. The normalized spacial score (nSPS) is 11.4. The Hall–Kier alpha value is -3.25. The van der Waals surface area contributed by atoms with Gasteiger partial charge in [0.15, 0.2) is 17.6 Å². The summed E-state index contributed by atoms with van der Waals surface area (Å²) in [4.78, 5) is 19.7. The van der Waals surface area contributed by atoms with Crippen molar-refractivity contribution in [1.29, 1.82) is 5.26 Å². The number of carbonyl (C=O) groups is 1. The van der Waals surface area contributed by atoms with Gasteiger partial charge >= 0.3 is 5.97 Å². The molecule has 0 spiro atoms. The Morgan fingerprint density at radius 1 is 1.29 bits per heavy atom. The van der Waals surface area contributed by atoms with Crippen LogP contribution in [0.3, 0.4) is 0 Å². The van der Waals surface area contributed by atoms with E-state index < -0.39 is 12.1 Å². The Kier molecular flexibility index (Phi) is 6.84. The Labute approximate surface area is 167 Å². The molecule has 0 saturated carbocycles. The lowest BCUT2D eigenvalue weighted by atomic mass is 10.1. The van der Waals surface area contributed by atoms with Gasteiger partial charge in [0.25, 0.3) is 0 Å². The van der Waals surface area contributed by atoms with Crippen molar-refractivity contribution in [2.45, 2.75) is 26.9 Å². The molecule has 1 atom stereocenters. The minimum atomic E-state index is -0.900. The molecule has 4 N–H and O–H groups in total. The molecule has 2 aromatic rings. The number of anilines is 2. The zero-order chi connectivity index (χ0) is 20.8. The van der Waals surface area contributed by atoms with Crippen LogP contribution in [0.2, 0.25) is 5.02 Å². The fourth-order valence-electron chi connectivity index (χ4n) is 2.38. The summed E-state index contributed by atoms with van der Waals surface area (Å²) in [6, 6.07) is 5.04. The first kappa shape index (κ1) is 21.1. The van der Waals surface area contributed by atoms with Crippen LogP contribution in [0, 0.1) is 11.3 Å². The van der Waals surface area contributed by atoms with E-state index in [0.29, 0.717) is 12.2 Å². The van der Waals surface area contributed by atoms with Gasteiger partial charge in [0.2, 0.25) is 5.95 Å². The van der Waals surface area contributed by atoms with E-state index in [0.717, 1.165) is 0 Å². The van der Waals surface area contributed by atoms with Crippen LogP contribution >= 0.6 is 11.6 Å². The van der Waals surface area contributed by atoms with Crippen LogP contribution in [-0.4, -0.2) is 35.3 Å². The van der Waals surface area contributed by atoms with Gasteiger partial charge in [0.05, 0.1) is 23.9 Å². The standard InChI is InChI=1S/C18H20ClN5O4/c1-4-26-13-7-10(14-11(8-20)16(21)24-18(22)23-14)6-12(19)15(13)28-9(3)17(25)27-5-2/h6-7,9H,4-5H2,1-3H3,(H4,21,22,23,24). The van der Waals surface area contributed by atoms with Gasteiger partial charge in [0.1, 0.15) is 17.5 Å². The Morgan fingerprint density at radius 2 is 2.00 bits per heavy atom. The van der Waals surface area contributed by atoms with E-state index in [1.54, 1.807) is 19.9 Å². The molecule has 0 amide bonds. The largest absolute Gasteiger partial charge is 0.490 e. The molecule has 0 aliphatic carbocycles. The lowest BCUT2D eigenvalue weighted by Gasteiger charge is -2.19. The topological polar surface area (TPSA) is 146 Å². The first-order valence-electron chi connectivity index (χ1n) is 8.45. The summed E-state index contributed by atoms with van der Waals surface area (Å²) in [6.07, 6.45) is -0.900. The monoisotopic (exact) mass is 405 g/mol. The number of hydrogen-bond acceptors (Lipinski definition) is 9. The van der Waals surface area contributed by atoms with E-state index >= 15 is 0 Å². The number of ether oxygens (including phenoxy) is 3. The number of esters is 1.